The van der Waals surface area contributed by atoms with Crippen LogP contribution in [-0.4, -0.2) is 38.1 Å². The maximum atomic E-state index is 13.5. The Morgan fingerprint density at radius 2 is 1.64 bits per heavy atom. The van der Waals surface area contributed by atoms with Crippen LogP contribution in [0.2, 0.25) is 0 Å². The molecule has 0 aliphatic rings. The summed E-state index contributed by atoms with van der Waals surface area (Å²) in [6, 6.07) is 17.3. The zero-order valence-corrected chi connectivity index (χ0v) is 21.9. The Morgan fingerprint density at radius 1 is 0.949 bits per heavy atom. The molecule has 0 heterocycles. The monoisotopic (exact) mass is 554 g/mol. The van der Waals surface area contributed by atoms with Crippen LogP contribution in [0.15, 0.2) is 83.8 Å². The Bertz CT molecular complexity index is 1400. The number of aliphatic carboxylic acids is 1. The van der Waals surface area contributed by atoms with Gasteiger partial charge in [0.05, 0.1) is 23.0 Å². The molecule has 0 aromatic heterocycles. The molecule has 12 nitrogen and oxygen atoms in total. The van der Waals surface area contributed by atoms with Crippen molar-refractivity contribution in [3.8, 4) is 0 Å². The maximum Gasteiger partial charge on any atom is 0.334 e. The SMILES string of the molecule is CCCNC(=O)NN(c1cccc(C(CC(=O)O)NC(=O)Nc2ccc(N)cc2)c1)S(=O)(=O)c1ccccc1. The lowest BCUT2D eigenvalue weighted by Gasteiger charge is -2.26. The number of amides is 4. The third-order valence-corrected chi connectivity index (χ3v) is 7.03. The highest BCUT2D eigenvalue weighted by Gasteiger charge is 2.28. The van der Waals surface area contributed by atoms with Gasteiger partial charge >= 0.3 is 18.0 Å². The Morgan fingerprint density at radius 3 is 2.28 bits per heavy atom. The topological polar surface area (TPSA) is 183 Å². The first kappa shape index (κ1) is 28.8. The van der Waals surface area contributed by atoms with E-state index >= 15 is 0 Å². The van der Waals surface area contributed by atoms with Crippen LogP contribution in [0, 0.1) is 0 Å². The van der Waals surface area contributed by atoms with Crippen molar-refractivity contribution in [3.05, 3.63) is 84.4 Å². The number of hydrazine groups is 1. The number of nitrogen functional groups attached to an aromatic ring is 1. The summed E-state index contributed by atoms with van der Waals surface area (Å²) < 4.78 is 27.7. The number of nitrogens with one attached hydrogen (secondary N) is 4. The molecule has 4 amide bonds. The van der Waals surface area contributed by atoms with E-state index in [0.717, 1.165) is 0 Å². The number of carbonyl (C=O) groups is 3. The molecule has 0 saturated carbocycles. The molecule has 3 aromatic carbocycles. The van der Waals surface area contributed by atoms with Gasteiger partial charge in [-0.05, 0) is 60.5 Å². The quantitative estimate of drug-likeness (QED) is 0.155. The summed E-state index contributed by atoms with van der Waals surface area (Å²) in [5.74, 6) is -1.19. The van der Waals surface area contributed by atoms with Gasteiger partial charge in [0.2, 0.25) is 0 Å². The molecule has 0 saturated heterocycles. The fourth-order valence-corrected chi connectivity index (χ4v) is 4.82. The second-order valence-corrected chi connectivity index (χ2v) is 10.2. The molecule has 3 aromatic rings. The molecule has 39 heavy (non-hydrogen) atoms. The smallest absolute Gasteiger partial charge is 0.334 e. The van der Waals surface area contributed by atoms with Crippen LogP contribution in [-0.2, 0) is 14.8 Å². The van der Waals surface area contributed by atoms with E-state index in [1.54, 1.807) is 48.5 Å². The number of carboxylic acid groups (broad SMARTS) is 1. The predicted molar refractivity (Wildman–Crippen MR) is 147 cm³/mol. The van der Waals surface area contributed by atoms with Crippen LogP contribution < -0.4 is 31.5 Å². The first-order chi connectivity index (χ1) is 18.6. The lowest BCUT2D eigenvalue weighted by molar-refractivity contribution is -0.137. The number of nitrogens with two attached hydrogens (primary N) is 1. The minimum absolute atomic E-state index is 0.0270. The molecule has 0 spiro atoms. The van der Waals surface area contributed by atoms with Crippen LogP contribution in [0.3, 0.4) is 0 Å². The van der Waals surface area contributed by atoms with Gasteiger partial charge in [-0.25, -0.2) is 15.0 Å². The highest BCUT2D eigenvalue weighted by atomic mass is 32.2. The highest BCUT2D eigenvalue weighted by Crippen LogP contribution is 2.27. The third-order valence-electron chi connectivity index (χ3n) is 5.38. The van der Waals surface area contributed by atoms with Gasteiger partial charge in [-0.1, -0.05) is 37.3 Å². The third kappa shape index (κ3) is 8.10. The number of benzene rings is 3. The number of hydrogen-bond donors (Lipinski definition) is 6. The van der Waals surface area contributed by atoms with E-state index in [1.165, 1.54) is 30.3 Å². The van der Waals surface area contributed by atoms with Crippen molar-refractivity contribution in [1.82, 2.24) is 16.1 Å². The van der Waals surface area contributed by atoms with Crippen molar-refractivity contribution in [2.75, 3.05) is 22.0 Å². The van der Waals surface area contributed by atoms with E-state index in [2.05, 4.69) is 21.4 Å². The number of rotatable bonds is 11. The first-order valence-electron chi connectivity index (χ1n) is 12.0. The molecule has 0 aliphatic heterocycles. The molecule has 0 fully saturated rings. The van der Waals surface area contributed by atoms with Crippen molar-refractivity contribution in [3.63, 3.8) is 0 Å². The van der Waals surface area contributed by atoms with Crippen molar-refractivity contribution in [2.24, 2.45) is 0 Å². The predicted octanol–water partition coefficient (Wildman–Crippen LogP) is 3.43. The summed E-state index contributed by atoms with van der Waals surface area (Å²) >= 11 is 0. The number of urea groups is 2. The zero-order valence-electron chi connectivity index (χ0n) is 21.1. The Hall–Kier alpha value is -4.78. The van der Waals surface area contributed by atoms with E-state index in [4.69, 9.17) is 5.73 Å². The Balaban J connectivity index is 1.94. The van der Waals surface area contributed by atoms with E-state index in [-0.39, 0.29) is 10.6 Å². The summed E-state index contributed by atoms with van der Waals surface area (Å²) in [5, 5.41) is 17.2. The number of carbonyl (C=O) groups excluding carboxylic acids is 2. The summed E-state index contributed by atoms with van der Waals surface area (Å²) in [6.07, 6.45) is 0.143. The molecule has 13 heteroatoms. The molecule has 1 unspecified atom stereocenters. The number of hydrogen-bond acceptors (Lipinski definition) is 6. The molecule has 0 radical (unpaired) electrons. The van der Waals surface area contributed by atoms with Gasteiger partial charge in [0.25, 0.3) is 10.0 Å². The lowest BCUT2D eigenvalue weighted by atomic mass is 10.0. The van der Waals surface area contributed by atoms with Gasteiger partial charge in [-0.15, -0.1) is 0 Å². The average Bonchev–Trinajstić information content (AvgIpc) is 2.91. The van der Waals surface area contributed by atoms with Gasteiger partial charge in [0, 0.05) is 17.9 Å². The number of carboxylic acids is 1. The van der Waals surface area contributed by atoms with Gasteiger partial charge in [0.1, 0.15) is 0 Å². The van der Waals surface area contributed by atoms with E-state index in [0.29, 0.717) is 34.3 Å². The van der Waals surface area contributed by atoms with Crippen molar-refractivity contribution < 1.29 is 27.9 Å². The summed E-state index contributed by atoms with van der Waals surface area (Å²) in [4.78, 5) is 36.7. The first-order valence-corrected chi connectivity index (χ1v) is 13.4. The molecule has 7 N–H and O–H groups in total. The summed E-state index contributed by atoms with van der Waals surface area (Å²) in [5.41, 5.74) is 9.29. The fraction of sp³-hybridized carbons (Fsp3) is 0.192. The van der Waals surface area contributed by atoms with E-state index in [1.807, 2.05) is 6.92 Å². The average molecular weight is 555 g/mol. The summed E-state index contributed by atoms with van der Waals surface area (Å²) in [7, 11) is -4.27. The normalized spacial score (nSPS) is 11.6. The lowest BCUT2D eigenvalue weighted by Crippen LogP contribution is -2.50. The van der Waals surface area contributed by atoms with Crippen LogP contribution in [0.5, 0.6) is 0 Å². The van der Waals surface area contributed by atoms with Crippen LogP contribution in [0.25, 0.3) is 0 Å². The standard InChI is InChI=1S/C26H30N6O6S/c1-2-15-28-25(35)31-32(39(37,38)22-9-4-3-5-10-22)21-8-6-7-18(16-21)23(17-24(33)34)30-26(36)29-20-13-11-19(27)12-14-20/h3-14,16,23H,2,15,17,27H2,1H3,(H,33,34)(H2,28,31,35)(H2,29,30,36). The van der Waals surface area contributed by atoms with Crippen molar-refractivity contribution in [1.29, 1.82) is 0 Å². The largest absolute Gasteiger partial charge is 0.481 e. The van der Waals surface area contributed by atoms with E-state index < -0.39 is 40.5 Å². The van der Waals surface area contributed by atoms with Crippen LogP contribution in [0.1, 0.15) is 31.4 Å². The van der Waals surface area contributed by atoms with Crippen molar-refractivity contribution >= 4 is 45.1 Å². The van der Waals surface area contributed by atoms with Gasteiger partial charge in [-0.3, -0.25) is 4.79 Å². The molecule has 0 aliphatic carbocycles. The van der Waals surface area contributed by atoms with E-state index in [9.17, 15) is 27.9 Å². The second kappa shape index (κ2) is 13.1. The molecule has 1 atom stereocenters. The molecule has 206 valence electrons. The molecular weight excluding hydrogens is 524 g/mol. The Labute approximate surface area is 226 Å². The van der Waals surface area contributed by atoms with Crippen molar-refractivity contribution in [2.45, 2.75) is 30.7 Å². The van der Waals surface area contributed by atoms with Gasteiger partial charge in [-0.2, -0.15) is 12.8 Å². The molecule has 3 rings (SSSR count). The van der Waals surface area contributed by atoms with Gasteiger partial charge in [0.15, 0.2) is 0 Å². The maximum absolute atomic E-state index is 13.5. The second-order valence-electron chi connectivity index (χ2n) is 8.42. The minimum Gasteiger partial charge on any atom is -0.481 e. The number of nitrogens with zero attached hydrogens (tertiary/aromatic N) is 1. The minimum atomic E-state index is -4.27. The fourth-order valence-electron chi connectivity index (χ4n) is 3.52. The highest BCUT2D eigenvalue weighted by molar-refractivity contribution is 7.92. The number of sulfonamides is 1. The van der Waals surface area contributed by atoms with Crippen LogP contribution >= 0.6 is 0 Å². The zero-order chi connectivity index (χ0) is 28.4. The Kier molecular flexibility index (Phi) is 9.70. The molecular formula is C26H30N6O6S. The number of anilines is 3. The summed E-state index contributed by atoms with van der Waals surface area (Å²) in [6.45, 7) is 2.17. The van der Waals surface area contributed by atoms with Crippen LogP contribution in [0.4, 0.5) is 26.7 Å². The van der Waals surface area contributed by atoms with Gasteiger partial charge < -0.3 is 26.8 Å². The molecule has 0 bridgehead atoms.